The van der Waals surface area contributed by atoms with E-state index in [1.165, 1.54) is 18.2 Å². The fraction of sp³-hybridized carbons (Fsp3) is 0.500. The number of rotatable bonds is 5. The van der Waals surface area contributed by atoms with Gasteiger partial charge in [0, 0.05) is 25.7 Å². The molecule has 3 heterocycles. The number of pyridine rings is 1. The molecule has 0 N–H and O–H groups in total. The second-order valence-electron chi connectivity index (χ2n) is 5.45. The molecule has 122 valence electrons. The number of likely N-dealkylation sites (tertiary alicyclic amines) is 1. The van der Waals surface area contributed by atoms with Gasteiger partial charge >= 0.3 is 0 Å². The maximum Gasteiger partial charge on any atom is 0.232 e. The summed E-state index contributed by atoms with van der Waals surface area (Å²) >= 11 is 1.44. The molecule has 0 radical (unpaired) electrons. The second kappa shape index (κ2) is 7.59. The fourth-order valence-electron chi connectivity index (χ4n) is 2.55. The number of thioether (sulfide) groups is 1. The average molecular weight is 332 g/mol. The number of amides is 1. The molecule has 23 heavy (non-hydrogen) atoms. The first-order valence-corrected chi connectivity index (χ1v) is 8.95. The van der Waals surface area contributed by atoms with Crippen LogP contribution in [-0.4, -0.2) is 44.8 Å². The lowest BCUT2D eigenvalue weighted by Crippen LogP contribution is -2.36. The highest BCUT2D eigenvalue weighted by molar-refractivity contribution is 8.00. The molecule has 1 amide bonds. The average Bonchev–Trinajstić information content (AvgIpc) is 3.09. The van der Waals surface area contributed by atoms with Crippen LogP contribution in [-0.2, 0) is 11.2 Å². The first kappa shape index (κ1) is 16.0. The zero-order valence-corrected chi connectivity index (χ0v) is 14.0. The molecule has 7 heteroatoms. The smallest absolute Gasteiger partial charge is 0.232 e. The molecule has 3 rings (SSSR count). The summed E-state index contributed by atoms with van der Waals surface area (Å²) in [5.41, 5.74) is 0.812. The standard InChI is InChI=1S/C16H20N4O2S/c1-2-13-18-15(19-22-13)12-7-6-8-17-16(12)23-11-14(21)20-9-4-3-5-10-20/h6-8H,2-5,9-11H2,1H3. The number of aryl methyl sites for hydroxylation is 1. The predicted octanol–water partition coefficient (Wildman–Crippen LogP) is 2.80. The Kier molecular flexibility index (Phi) is 5.27. The predicted molar refractivity (Wildman–Crippen MR) is 88.1 cm³/mol. The van der Waals surface area contributed by atoms with E-state index < -0.39 is 0 Å². The molecule has 6 nitrogen and oxygen atoms in total. The van der Waals surface area contributed by atoms with Gasteiger partial charge in [-0.15, -0.1) is 0 Å². The molecular formula is C16H20N4O2S. The minimum absolute atomic E-state index is 0.175. The minimum Gasteiger partial charge on any atom is -0.342 e. The largest absolute Gasteiger partial charge is 0.342 e. The molecule has 0 aliphatic carbocycles. The van der Waals surface area contributed by atoms with E-state index in [-0.39, 0.29) is 5.91 Å². The van der Waals surface area contributed by atoms with Gasteiger partial charge in [0.2, 0.25) is 17.6 Å². The summed E-state index contributed by atoms with van der Waals surface area (Å²) in [5.74, 6) is 1.70. The van der Waals surface area contributed by atoms with Crippen molar-refractivity contribution in [3.8, 4) is 11.4 Å². The summed E-state index contributed by atoms with van der Waals surface area (Å²) in [6.45, 7) is 3.71. The maximum absolute atomic E-state index is 12.3. The Morgan fingerprint density at radius 2 is 2.17 bits per heavy atom. The van der Waals surface area contributed by atoms with E-state index in [1.807, 2.05) is 24.0 Å². The van der Waals surface area contributed by atoms with Crippen molar-refractivity contribution in [3.05, 3.63) is 24.2 Å². The molecule has 0 spiro atoms. The Morgan fingerprint density at radius 1 is 1.35 bits per heavy atom. The number of hydrogen-bond acceptors (Lipinski definition) is 6. The van der Waals surface area contributed by atoms with Crippen LogP contribution in [0.1, 0.15) is 32.1 Å². The number of hydrogen-bond donors (Lipinski definition) is 0. The molecule has 2 aromatic heterocycles. The zero-order valence-electron chi connectivity index (χ0n) is 13.2. The van der Waals surface area contributed by atoms with Crippen molar-refractivity contribution in [1.82, 2.24) is 20.0 Å². The third-order valence-electron chi connectivity index (χ3n) is 3.82. The monoisotopic (exact) mass is 332 g/mol. The quantitative estimate of drug-likeness (QED) is 0.784. The Labute approximate surface area is 139 Å². The third kappa shape index (κ3) is 3.90. The van der Waals surface area contributed by atoms with Gasteiger partial charge in [-0.25, -0.2) is 4.98 Å². The van der Waals surface area contributed by atoms with E-state index in [9.17, 15) is 4.79 Å². The van der Waals surface area contributed by atoms with Crippen LogP contribution in [0.4, 0.5) is 0 Å². The van der Waals surface area contributed by atoms with Crippen LogP contribution in [0.5, 0.6) is 0 Å². The van der Waals surface area contributed by atoms with Gasteiger partial charge in [0.15, 0.2) is 0 Å². The van der Waals surface area contributed by atoms with Gasteiger partial charge in [-0.1, -0.05) is 23.8 Å². The van der Waals surface area contributed by atoms with Gasteiger partial charge in [-0.3, -0.25) is 4.79 Å². The molecule has 1 aliphatic rings. The normalized spacial score (nSPS) is 14.9. The summed E-state index contributed by atoms with van der Waals surface area (Å²) < 4.78 is 5.17. The third-order valence-corrected chi connectivity index (χ3v) is 4.81. The van der Waals surface area contributed by atoms with E-state index >= 15 is 0 Å². The van der Waals surface area contributed by atoms with E-state index in [1.54, 1.807) is 6.20 Å². The van der Waals surface area contributed by atoms with Crippen molar-refractivity contribution in [2.45, 2.75) is 37.6 Å². The van der Waals surface area contributed by atoms with Crippen molar-refractivity contribution >= 4 is 17.7 Å². The van der Waals surface area contributed by atoms with Crippen molar-refractivity contribution in [2.24, 2.45) is 0 Å². The van der Waals surface area contributed by atoms with Gasteiger partial charge in [-0.05, 0) is 31.4 Å². The molecule has 1 aliphatic heterocycles. The van der Waals surface area contributed by atoms with Crippen LogP contribution in [0, 0.1) is 0 Å². The Balaban J connectivity index is 1.69. The summed E-state index contributed by atoms with van der Waals surface area (Å²) in [6, 6.07) is 3.75. The Hall–Kier alpha value is -1.89. The summed E-state index contributed by atoms with van der Waals surface area (Å²) in [7, 11) is 0. The first-order chi connectivity index (χ1) is 11.3. The van der Waals surface area contributed by atoms with Crippen molar-refractivity contribution in [1.29, 1.82) is 0 Å². The molecule has 1 saturated heterocycles. The summed E-state index contributed by atoms with van der Waals surface area (Å²) in [4.78, 5) is 23.0. The van der Waals surface area contributed by atoms with E-state index in [2.05, 4.69) is 15.1 Å². The van der Waals surface area contributed by atoms with E-state index in [0.717, 1.165) is 36.5 Å². The second-order valence-corrected chi connectivity index (χ2v) is 6.42. The van der Waals surface area contributed by atoms with Crippen LogP contribution in [0.3, 0.4) is 0 Å². The van der Waals surface area contributed by atoms with Crippen molar-refractivity contribution < 1.29 is 9.32 Å². The molecule has 2 aromatic rings. The lowest BCUT2D eigenvalue weighted by atomic mass is 10.1. The van der Waals surface area contributed by atoms with Crippen LogP contribution in [0.2, 0.25) is 0 Å². The number of aromatic nitrogens is 3. The molecular weight excluding hydrogens is 312 g/mol. The topological polar surface area (TPSA) is 72.1 Å². The number of nitrogens with zero attached hydrogens (tertiary/aromatic N) is 4. The minimum atomic E-state index is 0.175. The SMILES string of the molecule is CCc1nc(-c2cccnc2SCC(=O)N2CCCCC2)no1. The highest BCUT2D eigenvalue weighted by Crippen LogP contribution is 2.28. The zero-order chi connectivity index (χ0) is 16.1. The molecule has 0 atom stereocenters. The number of carbonyl (C=O) groups excluding carboxylic acids is 1. The lowest BCUT2D eigenvalue weighted by Gasteiger charge is -2.26. The molecule has 0 bridgehead atoms. The van der Waals surface area contributed by atoms with Gasteiger partial charge in [0.05, 0.1) is 11.3 Å². The van der Waals surface area contributed by atoms with Gasteiger partial charge in [-0.2, -0.15) is 4.98 Å². The van der Waals surface area contributed by atoms with Crippen LogP contribution < -0.4 is 0 Å². The number of carbonyl (C=O) groups is 1. The van der Waals surface area contributed by atoms with Gasteiger partial charge in [0.25, 0.3) is 0 Å². The first-order valence-electron chi connectivity index (χ1n) is 7.96. The highest BCUT2D eigenvalue weighted by Gasteiger charge is 2.19. The van der Waals surface area contributed by atoms with Crippen LogP contribution in [0.15, 0.2) is 27.9 Å². The summed E-state index contributed by atoms with van der Waals surface area (Å²) in [5, 5.41) is 4.77. The van der Waals surface area contributed by atoms with Crippen molar-refractivity contribution in [2.75, 3.05) is 18.8 Å². The molecule has 1 fully saturated rings. The van der Waals surface area contributed by atoms with E-state index in [4.69, 9.17) is 4.52 Å². The fourth-order valence-corrected chi connectivity index (χ4v) is 3.44. The van der Waals surface area contributed by atoms with Gasteiger partial charge in [0.1, 0.15) is 5.03 Å². The van der Waals surface area contributed by atoms with Gasteiger partial charge < -0.3 is 9.42 Å². The summed E-state index contributed by atoms with van der Waals surface area (Å²) in [6.07, 6.45) is 5.85. The lowest BCUT2D eigenvalue weighted by molar-refractivity contribution is -0.129. The maximum atomic E-state index is 12.3. The van der Waals surface area contributed by atoms with Crippen LogP contribution in [0.25, 0.3) is 11.4 Å². The van der Waals surface area contributed by atoms with Crippen molar-refractivity contribution in [3.63, 3.8) is 0 Å². The van der Waals surface area contributed by atoms with Crippen LogP contribution >= 0.6 is 11.8 Å². The number of piperidine rings is 1. The molecule has 0 unspecified atom stereocenters. The molecule has 0 aromatic carbocycles. The van der Waals surface area contributed by atoms with E-state index in [0.29, 0.717) is 23.9 Å². The molecule has 0 saturated carbocycles. The highest BCUT2D eigenvalue weighted by atomic mass is 32.2. The Morgan fingerprint density at radius 3 is 2.91 bits per heavy atom. The Bertz CT molecular complexity index is 668.